The van der Waals surface area contributed by atoms with Gasteiger partial charge in [-0.1, -0.05) is 30.6 Å². The van der Waals surface area contributed by atoms with E-state index in [4.69, 9.17) is 9.72 Å². The maximum atomic E-state index is 11.8. The van der Waals surface area contributed by atoms with E-state index < -0.39 is 0 Å². The van der Waals surface area contributed by atoms with E-state index in [1.54, 1.807) is 36.7 Å². The largest absolute Gasteiger partial charge is 0.457 e. The highest BCUT2D eigenvalue weighted by atomic mass is 32.1. The van der Waals surface area contributed by atoms with Crippen molar-refractivity contribution in [2.75, 3.05) is 18.5 Å². The van der Waals surface area contributed by atoms with Crippen LogP contribution >= 0.6 is 11.3 Å². The predicted molar refractivity (Wildman–Crippen MR) is 117 cm³/mol. The Balaban J connectivity index is 1.56. The summed E-state index contributed by atoms with van der Waals surface area (Å²) < 4.78 is 7.08. The van der Waals surface area contributed by atoms with Crippen LogP contribution in [0.2, 0.25) is 0 Å². The number of aromatic nitrogens is 2. The number of carbonyl (C=O) groups is 1. The lowest BCUT2D eigenvalue weighted by Gasteiger charge is -2.33. The Labute approximate surface area is 174 Å². The fourth-order valence-electron chi connectivity index (χ4n) is 3.88. The van der Waals surface area contributed by atoms with Gasteiger partial charge >= 0.3 is 0 Å². The van der Waals surface area contributed by atoms with Crippen molar-refractivity contribution in [1.82, 2.24) is 15.3 Å². The quantitative estimate of drug-likeness (QED) is 0.619. The molecule has 2 heterocycles. The highest BCUT2D eigenvalue weighted by Crippen LogP contribution is 2.35. The number of benzene rings is 1. The zero-order valence-corrected chi connectivity index (χ0v) is 17.7. The third-order valence-electron chi connectivity index (χ3n) is 5.38. The summed E-state index contributed by atoms with van der Waals surface area (Å²) >= 11 is 1.72. The average molecular weight is 411 g/mol. The Morgan fingerprint density at radius 3 is 2.76 bits per heavy atom. The average Bonchev–Trinajstić information content (AvgIpc) is 3.17. The van der Waals surface area contributed by atoms with Crippen LogP contribution in [0.5, 0.6) is 11.5 Å². The molecule has 6 nitrogen and oxygen atoms in total. The molecule has 1 aliphatic rings. The van der Waals surface area contributed by atoms with Gasteiger partial charge in [-0.3, -0.25) is 9.78 Å². The summed E-state index contributed by atoms with van der Waals surface area (Å²) in [6.07, 6.45) is 8.07. The predicted octanol–water partition coefficient (Wildman–Crippen LogP) is 5.00. The molecule has 1 aromatic carbocycles. The van der Waals surface area contributed by atoms with Gasteiger partial charge in [0.05, 0.1) is 10.2 Å². The first-order valence-corrected chi connectivity index (χ1v) is 11.0. The van der Waals surface area contributed by atoms with Gasteiger partial charge in [0.2, 0.25) is 0 Å². The lowest BCUT2D eigenvalue weighted by Crippen LogP contribution is -2.36. The summed E-state index contributed by atoms with van der Waals surface area (Å²) in [5, 5.41) is 3.67. The zero-order chi connectivity index (χ0) is 20.2. The van der Waals surface area contributed by atoms with Crippen LogP contribution < -0.4 is 15.0 Å². The highest BCUT2D eigenvalue weighted by Gasteiger charge is 2.22. The molecule has 0 bridgehead atoms. The Hall–Kier alpha value is -2.67. The van der Waals surface area contributed by atoms with Crippen molar-refractivity contribution >= 4 is 32.6 Å². The SMILES string of the molecule is CCN(c1nc2ccc(Oc3ccnc(C(=O)NC)c3)cc2s1)C1CCCCC1. The molecule has 3 aromatic rings. The minimum atomic E-state index is -0.236. The van der Waals surface area contributed by atoms with Crippen LogP contribution in [-0.4, -0.2) is 35.5 Å². The molecule has 1 N–H and O–H groups in total. The number of rotatable bonds is 6. The Morgan fingerprint density at radius 2 is 2.00 bits per heavy atom. The Bertz CT molecular complexity index is 997. The number of nitrogens with one attached hydrogen (secondary N) is 1. The van der Waals surface area contributed by atoms with E-state index in [0.29, 0.717) is 17.5 Å². The number of amides is 1. The molecule has 0 spiro atoms. The van der Waals surface area contributed by atoms with E-state index >= 15 is 0 Å². The first-order chi connectivity index (χ1) is 14.2. The number of ether oxygens (including phenoxy) is 1. The fraction of sp³-hybridized carbons (Fsp3) is 0.409. The number of thiazole rings is 1. The van der Waals surface area contributed by atoms with Crippen molar-refractivity contribution in [2.45, 2.75) is 45.1 Å². The van der Waals surface area contributed by atoms with E-state index in [9.17, 15) is 4.79 Å². The second-order valence-corrected chi connectivity index (χ2v) is 8.27. The molecule has 29 heavy (non-hydrogen) atoms. The molecular weight excluding hydrogens is 384 g/mol. The summed E-state index contributed by atoms with van der Waals surface area (Å²) in [6.45, 7) is 3.19. The van der Waals surface area contributed by atoms with Crippen molar-refractivity contribution in [2.24, 2.45) is 0 Å². The van der Waals surface area contributed by atoms with E-state index in [0.717, 1.165) is 27.6 Å². The maximum Gasteiger partial charge on any atom is 0.269 e. The summed E-state index contributed by atoms with van der Waals surface area (Å²) in [7, 11) is 1.58. The monoisotopic (exact) mass is 410 g/mol. The summed E-state index contributed by atoms with van der Waals surface area (Å²) in [5.74, 6) is 1.07. The van der Waals surface area contributed by atoms with Crippen LogP contribution in [0.1, 0.15) is 49.5 Å². The van der Waals surface area contributed by atoms with Crippen LogP contribution in [0.4, 0.5) is 5.13 Å². The number of nitrogens with zero attached hydrogens (tertiary/aromatic N) is 3. The lowest BCUT2D eigenvalue weighted by molar-refractivity contribution is 0.0958. The molecule has 0 saturated heterocycles. The summed E-state index contributed by atoms with van der Waals surface area (Å²) in [4.78, 5) is 23.2. The normalized spacial score (nSPS) is 14.7. The number of hydrogen-bond acceptors (Lipinski definition) is 6. The molecule has 152 valence electrons. The van der Waals surface area contributed by atoms with Crippen molar-refractivity contribution in [3.8, 4) is 11.5 Å². The standard InChI is InChI=1S/C22H26N4O2S/c1-3-26(15-7-5-4-6-8-15)22-25-18-10-9-16(14-20(18)29-22)28-17-11-12-24-19(13-17)21(27)23-2/h9-15H,3-8H2,1-2H3,(H,23,27). The maximum absolute atomic E-state index is 11.8. The molecule has 1 aliphatic carbocycles. The van der Waals surface area contributed by atoms with Gasteiger partial charge in [-0.25, -0.2) is 4.98 Å². The molecule has 1 fully saturated rings. The van der Waals surface area contributed by atoms with E-state index in [2.05, 4.69) is 22.1 Å². The Kier molecular flexibility index (Phi) is 5.94. The van der Waals surface area contributed by atoms with Crippen LogP contribution in [0.15, 0.2) is 36.5 Å². The first kappa shape index (κ1) is 19.6. The second kappa shape index (κ2) is 8.78. The minimum absolute atomic E-state index is 0.236. The van der Waals surface area contributed by atoms with Gasteiger partial charge in [-0.2, -0.15) is 0 Å². The van der Waals surface area contributed by atoms with Crippen LogP contribution in [0, 0.1) is 0 Å². The number of hydrogen-bond donors (Lipinski definition) is 1. The van der Waals surface area contributed by atoms with Gasteiger partial charge < -0.3 is 15.0 Å². The number of carbonyl (C=O) groups excluding carboxylic acids is 1. The molecule has 4 rings (SSSR count). The fourth-order valence-corrected chi connectivity index (χ4v) is 5.01. The molecule has 0 unspecified atom stereocenters. The third-order valence-corrected chi connectivity index (χ3v) is 6.43. The number of pyridine rings is 1. The van der Waals surface area contributed by atoms with Gasteiger partial charge in [0.1, 0.15) is 17.2 Å². The summed E-state index contributed by atoms with van der Waals surface area (Å²) in [6, 6.07) is 9.93. The molecule has 0 atom stereocenters. The molecule has 0 radical (unpaired) electrons. The van der Waals surface area contributed by atoms with Gasteiger partial charge in [0.25, 0.3) is 5.91 Å². The second-order valence-electron chi connectivity index (χ2n) is 7.26. The van der Waals surface area contributed by atoms with Gasteiger partial charge in [0, 0.05) is 38.0 Å². The topological polar surface area (TPSA) is 67.3 Å². The molecule has 1 saturated carbocycles. The van der Waals surface area contributed by atoms with E-state index in [1.807, 2.05) is 18.2 Å². The lowest BCUT2D eigenvalue weighted by atomic mass is 9.94. The van der Waals surface area contributed by atoms with Gasteiger partial charge in [-0.05, 0) is 38.0 Å². The highest BCUT2D eigenvalue weighted by molar-refractivity contribution is 7.22. The molecule has 0 aliphatic heterocycles. The van der Waals surface area contributed by atoms with Crippen LogP contribution in [-0.2, 0) is 0 Å². The van der Waals surface area contributed by atoms with Crippen molar-refractivity contribution in [3.05, 3.63) is 42.2 Å². The molecule has 2 aromatic heterocycles. The molecule has 1 amide bonds. The third kappa shape index (κ3) is 4.34. The van der Waals surface area contributed by atoms with Crippen molar-refractivity contribution < 1.29 is 9.53 Å². The number of anilines is 1. The van der Waals surface area contributed by atoms with E-state index in [1.165, 1.54) is 32.1 Å². The molecular formula is C22H26N4O2S. The Morgan fingerprint density at radius 1 is 1.21 bits per heavy atom. The van der Waals surface area contributed by atoms with Crippen molar-refractivity contribution in [3.63, 3.8) is 0 Å². The molecule has 7 heteroatoms. The minimum Gasteiger partial charge on any atom is -0.457 e. The van der Waals surface area contributed by atoms with E-state index in [-0.39, 0.29) is 5.91 Å². The smallest absolute Gasteiger partial charge is 0.269 e. The first-order valence-electron chi connectivity index (χ1n) is 10.2. The van der Waals surface area contributed by atoms with Gasteiger partial charge in [-0.15, -0.1) is 0 Å². The zero-order valence-electron chi connectivity index (χ0n) is 16.9. The summed E-state index contributed by atoms with van der Waals surface area (Å²) in [5.41, 5.74) is 1.32. The van der Waals surface area contributed by atoms with Crippen LogP contribution in [0.25, 0.3) is 10.2 Å². The van der Waals surface area contributed by atoms with Crippen molar-refractivity contribution in [1.29, 1.82) is 0 Å². The van der Waals surface area contributed by atoms with Crippen LogP contribution in [0.3, 0.4) is 0 Å². The number of fused-ring (bicyclic) bond motifs is 1. The van der Waals surface area contributed by atoms with Gasteiger partial charge in [0.15, 0.2) is 5.13 Å².